The molecule has 1 unspecified atom stereocenters. The molecule has 0 saturated heterocycles. The number of aliphatic hydroxyl groups excluding tert-OH is 3. The molecule has 30 heavy (non-hydrogen) atoms. The summed E-state index contributed by atoms with van der Waals surface area (Å²) >= 11 is 0. The van der Waals surface area contributed by atoms with Crippen LogP contribution in [0.2, 0.25) is 0 Å². The molecule has 0 aliphatic carbocycles. The van der Waals surface area contributed by atoms with Crippen molar-refractivity contribution in [1.29, 1.82) is 0 Å². The molecule has 4 N–H and O–H groups in total. The molecule has 0 amide bonds. The molecular weight excluding hydrogens is 384 g/mol. The van der Waals surface area contributed by atoms with Gasteiger partial charge >= 0.3 is 0 Å². The van der Waals surface area contributed by atoms with Gasteiger partial charge < -0.3 is 25.2 Å². The highest BCUT2D eigenvalue weighted by Crippen LogP contribution is 2.28. The molecule has 2 aromatic rings. The van der Waals surface area contributed by atoms with E-state index < -0.39 is 29.7 Å². The third kappa shape index (κ3) is 5.77. The summed E-state index contributed by atoms with van der Waals surface area (Å²) in [4.78, 5) is 13.0. The third-order valence-corrected chi connectivity index (χ3v) is 5.00. The van der Waals surface area contributed by atoms with Gasteiger partial charge in [0, 0.05) is 6.42 Å². The number of ketones is 1. The molecule has 0 radical (unpaired) electrons. The molecule has 0 spiro atoms. The number of hydrogen-bond donors (Lipinski definition) is 4. The van der Waals surface area contributed by atoms with E-state index in [-0.39, 0.29) is 25.2 Å². The third-order valence-electron chi connectivity index (χ3n) is 5.00. The molecule has 0 bridgehead atoms. The average molecular weight is 414 g/mol. The van der Waals surface area contributed by atoms with Gasteiger partial charge in [0.2, 0.25) is 5.78 Å². The van der Waals surface area contributed by atoms with Gasteiger partial charge in [-0.2, -0.15) is 0 Å². The summed E-state index contributed by atoms with van der Waals surface area (Å²) < 4.78 is 5.54. The molecule has 6 nitrogen and oxygen atoms in total. The standard InChI is InChI=1S/C24H30O6/c1-3-24(29,20(30-4-2)16-18-13-9-6-10-14-18)23(28)22(27)21(26)19(25)15-17-11-7-5-8-12-17/h5-14,16,19,21-22,25-27,29H,3-4,15H2,1-2H3/t19?,21-,22-,24+/m1/s1. The number of carbonyl (C=O) groups excluding carboxylic acids is 1. The van der Waals surface area contributed by atoms with Gasteiger partial charge in [0.25, 0.3) is 0 Å². The van der Waals surface area contributed by atoms with Crippen LogP contribution in [0.3, 0.4) is 0 Å². The molecule has 0 aromatic heterocycles. The predicted octanol–water partition coefficient (Wildman–Crippen LogP) is 2.10. The molecule has 2 aromatic carbocycles. The monoisotopic (exact) mass is 414 g/mol. The first kappa shape index (κ1) is 23.8. The zero-order valence-corrected chi connectivity index (χ0v) is 17.3. The molecule has 2 rings (SSSR count). The summed E-state index contributed by atoms with van der Waals surface area (Å²) in [5.74, 6) is -1.05. The van der Waals surface area contributed by atoms with Gasteiger partial charge in [0.1, 0.15) is 18.0 Å². The Kier molecular flexibility index (Phi) is 8.74. The second-order valence-electron chi connectivity index (χ2n) is 7.12. The van der Waals surface area contributed by atoms with Crippen LogP contribution in [0.4, 0.5) is 0 Å². The maximum absolute atomic E-state index is 13.0. The van der Waals surface area contributed by atoms with E-state index in [4.69, 9.17) is 4.74 Å². The molecule has 0 aliphatic heterocycles. The highest BCUT2D eigenvalue weighted by Gasteiger charge is 2.46. The molecule has 162 valence electrons. The first-order chi connectivity index (χ1) is 14.3. The lowest BCUT2D eigenvalue weighted by Gasteiger charge is -2.32. The number of carbonyl (C=O) groups is 1. The molecule has 0 aliphatic rings. The maximum Gasteiger partial charge on any atom is 0.203 e. The van der Waals surface area contributed by atoms with Crippen molar-refractivity contribution >= 4 is 11.9 Å². The van der Waals surface area contributed by atoms with Gasteiger partial charge in [0.15, 0.2) is 5.60 Å². The van der Waals surface area contributed by atoms with E-state index >= 15 is 0 Å². The minimum atomic E-state index is -2.15. The summed E-state index contributed by atoms with van der Waals surface area (Å²) in [5, 5.41) is 42.3. The number of aliphatic hydroxyl groups is 4. The average Bonchev–Trinajstić information content (AvgIpc) is 2.78. The van der Waals surface area contributed by atoms with Crippen LogP contribution in [0.1, 0.15) is 31.4 Å². The van der Waals surface area contributed by atoms with Gasteiger partial charge in [-0.25, -0.2) is 0 Å². The van der Waals surface area contributed by atoms with Gasteiger partial charge in [-0.05, 0) is 30.5 Å². The summed E-state index contributed by atoms with van der Waals surface area (Å²) in [6, 6.07) is 17.9. The quantitative estimate of drug-likeness (QED) is 0.420. The maximum atomic E-state index is 13.0. The lowest BCUT2D eigenvalue weighted by Crippen LogP contribution is -2.53. The van der Waals surface area contributed by atoms with E-state index in [1.165, 1.54) is 6.08 Å². The number of benzene rings is 2. The van der Waals surface area contributed by atoms with Crippen LogP contribution in [0.15, 0.2) is 66.4 Å². The van der Waals surface area contributed by atoms with E-state index in [1.54, 1.807) is 62.4 Å². The number of ether oxygens (including phenoxy) is 1. The largest absolute Gasteiger partial charge is 0.495 e. The number of hydrogen-bond acceptors (Lipinski definition) is 6. The first-order valence-electron chi connectivity index (χ1n) is 10.1. The molecule has 0 saturated carbocycles. The van der Waals surface area contributed by atoms with E-state index in [9.17, 15) is 25.2 Å². The molecule has 0 heterocycles. The Balaban J connectivity index is 2.25. The van der Waals surface area contributed by atoms with E-state index in [2.05, 4.69) is 0 Å². The van der Waals surface area contributed by atoms with Crippen LogP contribution < -0.4 is 0 Å². The van der Waals surface area contributed by atoms with Crippen LogP contribution in [-0.2, 0) is 16.0 Å². The van der Waals surface area contributed by atoms with Crippen LogP contribution >= 0.6 is 0 Å². The topological polar surface area (TPSA) is 107 Å². The molecule has 4 atom stereocenters. The van der Waals surface area contributed by atoms with Crippen molar-refractivity contribution in [3.05, 3.63) is 77.5 Å². The van der Waals surface area contributed by atoms with Gasteiger partial charge in [-0.15, -0.1) is 0 Å². The summed E-state index contributed by atoms with van der Waals surface area (Å²) in [6.07, 6.45) is -3.65. The summed E-state index contributed by atoms with van der Waals surface area (Å²) in [6.45, 7) is 3.49. The first-order valence-corrected chi connectivity index (χ1v) is 10.1. The van der Waals surface area contributed by atoms with Crippen molar-refractivity contribution in [1.82, 2.24) is 0 Å². The zero-order valence-electron chi connectivity index (χ0n) is 17.3. The fourth-order valence-electron chi connectivity index (χ4n) is 3.19. The Morgan fingerprint density at radius 3 is 2.10 bits per heavy atom. The van der Waals surface area contributed by atoms with Gasteiger partial charge in [-0.1, -0.05) is 67.6 Å². The second kappa shape index (κ2) is 11.0. The van der Waals surface area contributed by atoms with Crippen LogP contribution in [0.25, 0.3) is 6.08 Å². The lowest BCUT2D eigenvalue weighted by molar-refractivity contribution is -0.157. The van der Waals surface area contributed by atoms with Gasteiger partial charge in [0.05, 0.1) is 12.7 Å². The van der Waals surface area contributed by atoms with Crippen molar-refractivity contribution in [3.63, 3.8) is 0 Å². The normalized spacial score (nSPS) is 16.9. The van der Waals surface area contributed by atoms with Crippen LogP contribution in [0.5, 0.6) is 0 Å². The van der Waals surface area contributed by atoms with Crippen molar-refractivity contribution in [3.8, 4) is 0 Å². The molecule has 0 fully saturated rings. The number of rotatable bonds is 11. The Morgan fingerprint density at radius 1 is 1.00 bits per heavy atom. The Morgan fingerprint density at radius 2 is 1.57 bits per heavy atom. The highest BCUT2D eigenvalue weighted by molar-refractivity contribution is 5.95. The molecule has 6 heteroatoms. The van der Waals surface area contributed by atoms with Gasteiger partial charge in [-0.3, -0.25) is 4.79 Å². The Bertz CT molecular complexity index is 820. The van der Waals surface area contributed by atoms with Crippen molar-refractivity contribution in [2.75, 3.05) is 6.61 Å². The Hall–Kier alpha value is -2.51. The zero-order chi connectivity index (χ0) is 22.1. The van der Waals surface area contributed by atoms with Crippen molar-refractivity contribution in [2.45, 2.75) is 50.6 Å². The SMILES string of the molecule is CCOC(=Cc1ccccc1)[C@@](O)(CC)C(=O)[C@H](O)[C@H](O)C(O)Cc1ccccc1. The van der Waals surface area contributed by atoms with E-state index in [0.717, 1.165) is 5.56 Å². The fourth-order valence-corrected chi connectivity index (χ4v) is 3.19. The smallest absolute Gasteiger partial charge is 0.203 e. The minimum absolute atomic E-state index is 0.0208. The van der Waals surface area contributed by atoms with E-state index in [1.807, 2.05) is 12.1 Å². The predicted molar refractivity (Wildman–Crippen MR) is 114 cm³/mol. The van der Waals surface area contributed by atoms with Crippen molar-refractivity contribution < 1.29 is 30.0 Å². The van der Waals surface area contributed by atoms with Crippen LogP contribution in [0, 0.1) is 0 Å². The van der Waals surface area contributed by atoms with Crippen molar-refractivity contribution in [2.24, 2.45) is 0 Å². The number of Topliss-reactive ketones (excluding diaryl/α,β-unsaturated/α-hetero) is 1. The Labute approximate surface area is 177 Å². The lowest BCUT2D eigenvalue weighted by atomic mass is 9.85. The summed E-state index contributed by atoms with van der Waals surface area (Å²) in [5.41, 5.74) is -0.702. The molecular formula is C24H30O6. The fraction of sp³-hybridized carbons (Fsp3) is 0.375. The van der Waals surface area contributed by atoms with Crippen LogP contribution in [-0.4, -0.2) is 56.7 Å². The second-order valence-corrected chi connectivity index (χ2v) is 7.12. The van der Waals surface area contributed by atoms with E-state index in [0.29, 0.717) is 5.56 Å². The minimum Gasteiger partial charge on any atom is -0.495 e. The summed E-state index contributed by atoms with van der Waals surface area (Å²) in [7, 11) is 0. The highest BCUT2D eigenvalue weighted by atomic mass is 16.5.